The molecular formula is C11H16F2N2. The molecule has 15 heavy (non-hydrogen) atoms. The highest BCUT2D eigenvalue weighted by atomic mass is 19.1. The van der Waals surface area contributed by atoms with Gasteiger partial charge in [0.05, 0.1) is 0 Å². The van der Waals surface area contributed by atoms with E-state index in [9.17, 15) is 8.78 Å². The van der Waals surface area contributed by atoms with E-state index < -0.39 is 11.6 Å². The maximum Gasteiger partial charge on any atom is 0.130 e. The second kappa shape index (κ2) is 5.19. The number of hydrogen-bond donors (Lipinski definition) is 2. The van der Waals surface area contributed by atoms with Crippen molar-refractivity contribution in [3.8, 4) is 0 Å². The SMILES string of the molecule is CNC(CC(C)N)c1ccc(F)cc1F. The molecule has 1 aromatic rings. The van der Waals surface area contributed by atoms with E-state index in [0.717, 1.165) is 6.07 Å². The van der Waals surface area contributed by atoms with Crippen LogP contribution in [-0.4, -0.2) is 13.1 Å². The van der Waals surface area contributed by atoms with E-state index in [1.54, 1.807) is 7.05 Å². The average Bonchev–Trinajstić information content (AvgIpc) is 2.14. The van der Waals surface area contributed by atoms with E-state index in [1.165, 1.54) is 12.1 Å². The number of benzene rings is 1. The monoisotopic (exact) mass is 214 g/mol. The van der Waals surface area contributed by atoms with Crippen LogP contribution in [0, 0.1) is 11.6 Å². The summed E-state index contributed by atoms with van der Waals surface area (Å²) >= 11 is 0. The maximum absolute atomic E-state index is 13.4. The van der Waals surface area contributed by atoms with Crippen LogP contribution >= 0.6 is 0 Å². The minimum Gasteiger partial charge on any atom is -0.328 e. The quantitative estimate of drug-likeness (QED) is 0.804. The van der Waals surface area contributed by atoms with Crippen molar-refractivity contribution in [2.45, 2.75) is 25.4 Å². The highest BCUT2D eigenvalue weighted by Gasteiger charge is 2.15. The fourth-order valence-electron chi connectivity index (χ4n) is 1.56. The van der Waals surface area contributed by atoms with Crippen molar-refractivity contribution >= 4 is 0 Å². The summed E-state index contributed by atoms with van der Waals surface area (Å²) in [5.41, 5.74) is 6.10. The summed E-state index contributed by atoms with van der Waals surface area (Å²) in [5.74, 6) is -1.10. The molecular weight excluding hydrogens is 198 g/mol. The summed E-state index contributed by atoms with van der Waals surface area (Å²) in [5, 5.41) is 2.97. The predicted octanol–water partition coefficient (Wildman–Crippen LogP) is 1.96. The van der Waals surface area contributed by atoms with Crippen LogP contribution in [0.15, 0.2) is 18.2 Å². The summed E-state index contributed by atoms with van der Waals surface area (Å²) in [7, 11) is 1.73. The first kappa shape index (κ1) is 12.1. The third-order valence-electron chi connectivity index (χ3n) is 2.29. The Morgan fingerprint density at radius 1 is 1.40 bits per heavy atom. The molecule has 0 aromatic heterocycles. The van der Waals surface area contributed by atoms with E-state index in [-0.39, 0.29) is 12.1 Å². The third kappa shape index (κ3) is 3.25. The van der Waals surface area contributed by atoms with Crippen molar-refractivity contribution in [2.75, 3.05) is 7.05 Å². The lowest BCUT2D eigenvalue weighted by molar-refractivity contribution is 0.470. The third-order valence-corrected chi connectivity index (χ3v) is 2.29. The fourth-order valence-corrected chi connectivity index (χ4v) is 1.56. The standard InChI is InChI=1S/C11H16F2N2/c1-7(14)5-11(15-2)9-4-3-8(12)6-10(9)13/h3-4,6-7,11,15H,5,14H2,1-2H3. The van der Waals surface area contributed by atoms with Gasteiger partial charge in [0, 0.05) is 23.7 Å². The van der Waals surface area contributed by atoms with Gasteiger partial charge in [0.25, 0.3) is 0 Å². The first-order valence-corrected chi connectivity index (χ1v) is 4.92. The van der Waals surface area contributed by atoms with Crippen LogP contribution in [0.2, 0.25) is 0 Å². The zero-order valence-electron chi connectivity index (χ0n) is 8.93. The lowest BCUT2D eigenvalue weighted by atomic mass is 10.00. The molecule has 3 N–H and O–H groups in total. The Kier molecular flexibility index (Phi) is 4.17. The first-order chi connectivity index (χ1) is 7.04. The Morgan fingerprint density at radius 2 is 2.07 bits per heavy atom. The van der Waals surface area contributed by atoms with Gasteiger partial charge in [-0.1, -0.05) is 6.07 Å². The van der Waals surface area contributed by atoms with E-state index in [4.69, 9.17) is 5.73 Å². The van der Waals surface area contributed by atoms with Crippen molar-refractivity contribution in [3.05, 3.63) is 35.4 Å². The molecule has 0 heterocycles. The molecule has 0 aliphatic rings. The van der Waals surface area contributed by atoms with E-state index in [0.29, 0.717) is 12.0 Å². The molecule has 84 valence electrons. The topological polar surface area (TPSA) is 38.0 Å². The van der Waals surface area contributed by atoms with Crippen LogP contribution in [0.5, 0.6) is 0 Å². The molecule has 1 rings (SSSR count). The van der Waals surface area contributed by atoms with Crippen LogP contribution in [0.4, 0.5) is 8.78 Å². The molecule has 0 radical (unpaired) electrons. The number of rotatable bonds is 4. The van der Waals surface area contributed by atoms with Crippen molar-refractivity contribution < 1.29 is 8.78 Å². The largest absolute Gasteiger partial charge is 0.328 e. The molecule has 0 aliphatic carbocycles. The van der Waals surface area contributed by atoms with Crippen molar-refractivity contribution in [1.82, 2.24) is 5.32 Å². The average molecular weight is 214 g/mol. The van der Waals surface area contributed by atoms with Crippen molar-refractivity contribution in [2.24, 2.45) is 5.73 Å². The predicted molar refractivity (Wildman–Crippen MR) is 56.4 cm³/mol. The van der Waals surface area contributed by atoms with Crippen LogP contribution < -0.4 is 11.1 Å². The van der Waals surface area contributed by atoms with E-state index >= 15 is 0 Å². The lowest BCUT2D eigenvalue weighted by Gasteiger charge is -2.19. The highest BCUT2D eigenvalue weighted by Crippen LogP contribution is 2.21. The number of nitrogens with one attached hydrogen (secondary N) is 1. The van der Waals surface area contributed by atoms with Crippen molar-refractivity contribution in [3.63, 3.8) is 0 Å². The lowest BCUT2D eigenvalue weighted by Crippen LogP contribution is -2.26. The van der Waals surface area contributed by atoms with Gasteiger partial charge in [-0.25, -0.2) is 8.78 Å². The molecule has 1 aromatic carbocycles. The van der Waals surface area contributed by atoms with Gasteiger partial charge in [-0.15, -0.1) is 0 Å². The van der Waals surface area contributed by atoms with Crippen molar-refractivity contribution in [1.29, 1.82) is 0 Å². The summed E-state index contributed by atoms with van der Waals surface area (Å²) in [6, 6.07) is 3.39. The summed E-state index contributed by atoms with van der Waals surface area (Å²) in [6.07, 6.45) is 0.610. The van der Waals surface area contributed by atoms with Gasteiger partial charge >= 0.3 is 0 Å². The number of halogens is 2. The van der Waals surface area contributed by atoms with Gasteiger partial charge in [-0.05, 0) is 26.5 Å². The van der Waals surface area contributed by atoms with E-state index in [2.05, 4.69) is 5.32 Å². The Morgan fingerprint density at radius 3 is 2.53 bits per heavy atom. The molecule has 0 amide bonds. The molecule has 0 aliphatic heterocycles. The first-order valence-electron chi connectivity index (χ1n) is 4.92. The minimum absolute atomic E-state index is 0.0353. The minimum atomic E-state index is -0.563. The molecule has 0 saturated heterocycles. The maximum atomic E-state index is 13.4. The Hall–Kier alpha value is -1.00. The van der Waals surface area contributed by atoms with E-state index in [1.807, 2.05) is 6.92 Å². The van der Waals surface area contributed by atoms with Crippen LogP contribution in [0.25, 0.3) is 0 Å². The number of nitrogens with two attached hydrogens (primary N) is 1. The highest BCUT2D eigenvalue weighted by molar-refractivity contribution is 5.22. The normalized spacial score (nSPS) is 15.0. The van der Waals surface area contributed by atoms with Crippen LogP contribution in [0.1, 0.15) is 24.9 Å². The second-order valence-corrected chi connectivity index (χ2v) is 3.72. The summed E-state index contributed by atoms with van der Waals surface area (Å²) in [4.78, 5) is 0. The molecule has 0 saturated carbocycles. The molecule has 2 atom stereocenters. The van der Waals surface area contributed by atoms with Gasteiger partial charge in [-0.3, -0.25) is 0 Å². The Bertz CT molecular complexity index is 326. The Balaban J connectivity index is 2.91. The van der Waals surface area contributed by atoms with Gasteiger partial charge < -0.3 is 11.1 Å². The van der Waals surface area contributed by atoms with Gasteiger partial charge in [0.2, 0.25) is 0 Å². The molecule has 0 bridgehead atoms. The van der Waals surface area contributed by atoms with Gasteiger partial charge in [0.1, 0.15) is 11.6 Å². The molecule has 2 nitrogen and oxygen atoms in total. The van der Waals surface area contributed by atoms with Gasteiger partial charge in [-0.2, -0.15) is 0 Å². The number of hydrogen-bond acceptors (Lipinski definition) is 2. The summed E-state index contributed by atoms with van der Waals surface area (Å²) < 4.78 is 26.1. The zero-order valence-corrected chi connectivity index (χ0v) is 8.93. The van der Waals surface area contributed by atoms with Crippen LogP contribution in [-0.2, 0) is 0 Å². The Labute approximate surface area is 88.5 Å². The zero-order chi connectivity index (χ0) is 11.4. The second-order valence-electron chi connectivity index (χ2n) is 3.72. The molecule has 2 unspecified atom stereocenters. The smallest absolute Gasteiger partial charge is 0.130 e. The molecule has 0 spiro atoms. The van der Waals surface area contributed by atoms with Crippen LogP contribution in [0.3, 0.4) is 0 Å². The molecule has 4 heteroatoms. The fraction of sp³-hybridized carbons (Fsp3) is 0.455. The van der Waals surface area contributed by atoms with Gasteiger partial charge in [0.15, 0.2) is 0 Å². The summed E-state index contributed by atoms with van der Waals surface area (Å²) in [6.45, 7) is 1.85. The molecule has 0 fully saturated rings.